The van der Waals surface area contributed by atoms with E-state index in [1.165, 1.54) is 5.56 Å². The second kappa shape index (κ2) is 10.3. The van der Waals surface area contributed by atoms with E-state index in [0.717, 1.165) is 31.5 Å². The summed E-state index contributed by atoms with van der Waals surface area (Å²) in [7, 11) is 0. The van der Waals surface area contributed by atoms with Gasteiger partial charge in [0.1, 0.15) is 6.04 Å². The number of nitrogens with two attached hydrogens (primary N) is 1. The maximum Gasteiger partial charge on any atom is 0.315 e. The van der Waals surface area contributed by atoms with Gasteiger partial charge in [-0.25, -0.2) is 4.79 Å². The van der Waals surface area contributed by atoms with Crippen LogP contribution in [0, 0.1) is 24.7 Å². The summed E-state index contributed by atoms with van der Waals surface area (Å²) in [6.45, 7) is 8.12. The zero-order valence-corrected chi connectivity index (χ0v) is 18.5. The number of carbonyl (C=O) groups is 2. The van der Waals surface area contributed by atoms with Gasteiger partial charge in [-0.2, -0.15) is 0 Å². The molecule has 1 aliphatic carbocycles. The van der Waals surface area contributed by atoms with Crippen LogP contribution in [0.2, 0.25) is 0 Å². The lowest BCUT2D eigenvalue weighted by molar-refractivity contribution is -0.132. The van der Waals surface area contributed by atoms with Crippen LogP contribution in [0.15, 0.2) is 24.3 Å². The fourth-order valence-electron chi connectivity index (χ4n) is 4.50. The summed E-state index contributed by atoms with van der Waals surface area (Å²) in [6, 6.07) is 7.46. The van der Waals surface area contributed by atoms with E-state index in [-0.39, 0.29) is 30.4 Å². The van der Waals surface area contributed by atoms with Crippen LogP contribution in [-0.2, 0) is 11.3 Å². The van der Waals surface area contributed by atoms with E-state index in [0.29, 0.717) is 30.7 Å². The quantitative estimate of drug-likeness (QED) is 0.658. The number of fused-ring (bicyclic) bond motifs is 1. The van der Waals surface area contributed by atoms with Crippen LogP contribution in [0.3, 0.4) is 0 Å². The molecule has 2 fully saturated rings. The Balaban J connectivity index is 0.00000300. The summed E-state index contributed by atoms with van der Waals surface area (Å²) in [5, 5.41) is 5.78. The fraction of sp³-hybridized carbons (Fsp3) is 0.636. The highest BCUT2D eigenvalue weighted by atomic mass is 35.5. The summed E-state index contributed by atoms with van der Waals surface area (Å²) in [5.74, 6) is 1.28. The van der Waals surface area contributed by atoms with Crippen molar-refractivity contribution in [2.75, 3.05) is 13.1 Å². The van der Waals surface area contributed by atoms with Crippen molar-refractivity contribution in [2.45, 2.75) is 58.7 Å². The van der Waals surface area contributed by atoms with Crippen molar-refractivity contribution in [3.05, 3.63) is 35.4 Å². The molecule has 0 spiro atoms. The summed E-state index contributed by atoms with van der Waals surface area (Å²) < 4.78 is 0. The molecule has 1 aromatic carbocycles. The predicted octanol–water partition coefficient (Wildman–Crippen LogP) is 2.83. The molecule has 4 unspecified atom stereocenters. The third kappa shape index (κ3) is 6.09. The highest BCUT2D eigenvalue weighted by Gasteiger charge is 2.43. The molecule has 7 heteroatoms. The normalized spacial score (nSPS) is 24.0. The summed E-state index contributed by atoms with van der Waals surface area (Å²) in [5.41, 5.74) is 8.43. The number of halogens is 1. The monoisotopic (exact) mass is 422 g/mol. The minimum absolute atomic E-state index is 0. The first-order valence-electron chi connectivity index (χ1n) is 10.5. The average molecular weight is 423 g/mol. The lowest BCUT2D eigenvalue weighted by Gasteiger charge is -2.26. The van der Waals surface area contributed by atoms with Gasteiger partial charge in [-0.05, 0) is 49.5 Å². The van der Waals surface area contributed by atoms with E-state index in [1.807, 2.05) is 36.1 Å². The third-order valence-corrected chi connectivity index (χ3v) is 6.11. The number of nitrogens with zero attached hydrogens (tertiary/aromatic N) is 1. The maximum absolute atomic E-state index is 13.1. The maximum atomic E-state index is 13.1. The van der Waals surface area contributed by atoms with Crippen LogP contribution >= 0.6 is 12.4 Å². The molecule has 6 nitrogen and oxygen atoms in total. The first-order chi connectivity index (χ1) is 13.3. The number of nitrogens with one attached hydrogen (secondary N) is 2. The molecular weight excluding hydrogens is 388 g/mol. The minimum Gasteiger partial charge on any atom is -0.340 e. The lowest BCUT2D eigenvalue weighted by atomic mass is 9.98. The Morgan fingerprint density at radius 2 is 1.86 bits per heavy atom. The fourth-order valence-corrected chi connectivity index (χ4v) is 4.50. The number of amides is 3. The molecule has 1 heterocycles. The van der Waals surface area contributed by atoms with Gasteiger partial charge < -0.3 is 21.3 Å². The second-order valence-corrected chi connectivity index (χ2v) is 8.90. The van der Waals surface area contributed by atoms with E-state index in [2.05, 4.69) is 24.5 Å². The highest BCUT2D eigenvalue weighted by molar-refractivity contribution is 5.87. The standard InChI is InChI=1S/C22H34N4O2.ClH/c1-14(2)10-20(21(27)26-12-17-8-9-19(23)18(17)13-26)25-22(28)24-11-16-6-4-15(3)5-7-16;/h4-7,14,17-20H,8-13,23H2,1-3H3,(H2,24,25,28);1H. The van der Waals surface area contributed by atoms with Gasteiger partial charge in [0, 0.05) is 25.7 Å². The highest BCUT2D eigenvalue weighted by Crippen LogP contribution is 2.37. The van der Waals surface area contributed by atoms with Crippen LogP contribution in [0.5, 0.6) is 0 Å². The first kappa shape index (κ1) is 23.5. The van der Waals surface area contributed by atoms with Crippen molar-refractivity contribution in [2.24, 2.45) is 23.5 Å². The zero-order valence-electron chi connectivity index (χ0n) is 17.7. The Morgan fingerprint density at radius 1 is 1.17 bits per heavy atom. The van der Waals surface area contributed by atoms with Crippen LogP contribution < -0.4 is 16.4 Å². The minimum atomic E-state index is -0.493. The van der Waals surface area contributed by atoms with Gasteiger partial charge in [0.2, 0.25) is 5.91 Å². The molecule has 0 aromatic heterocycles. The Kier molecular flexibility index (Phi) is 8.34. The van der Waals surface area contributed by atoms with Crippen molar-refractivity contribution < 1.29 is 9.59 Å². The largest absolute Gasteiger partial charge is 0.340 e. The van der Waals surface area contributed by atoms with Gasteiger partial charge in [-0.1, -0.05) is 43.7 Å². The molecule has 162 valence electrons. The van der Waals surface area contributed by atoms with Crippen molar-refractivity contribution in [1.29, 1.82) is 0 Å². The van der Waals surface area contributed by atoms with Crippen LogP contribution in [-0.4, -0.2) is 42.0 Å². The van der Waals surface area contributed by atoms with Gasteiger partial charge >= 0.3 is 6.03 Å². The molecule has 1 aromatic rings. The van der Waals surface area contributed by atoms with Gasteiger partial charge in [-0.3, -0.25) is 4.79 Å². The molecule has 2 aliphatic rings. The van der Waals surface area contributed by atoms with E-state index >= 15 is 0 Å². The van der Waals surface area contributed by atoms with Gasteiger partial charge in [-0.15, -0.1) is 12.4 Å². The van der Waals surface area contributed by atoms with Gasteiger partial charge in [0.25, 0.3) is 0 Å². The van der Waals surface area contributed by atoms with Crippen molar-refractivity contribution in [3.8, 4) is 0 Å². The van der Waals surface area contributed by atoms with E-state index in [4.69, 9.17) is 5.73 Å². The van der Waals surface area contributed by atoms with Crippen molar-refractivity contribution >= 4 is 24.3 Å². The van der Waals surface area contributed by atoms with Crippen LogP contribution in [0.1, 0.15) is 44.2 Å². The van der Waals surface area contributed by atoms with Gasteiger partial charge in [0.05, 0.1) is 0 Å². The Labute approximate surface area is 180 Å². The summed E-state index contributed by atoms with van der Waals surface area (Å²) in [4.78, 5) is 27.5. The number of hydrogen-bond acceptors (Lipinski definition) is 3. The number of benzene rings is 1. The number of carbonyl (C=O) groups excluding carboxylic acids is 2. The van der Waals surface area contributed by atoms with Crippen LogP contribution in [0.4, 0.5) is 4.79 Å². The molecular formula is C22H35ClN4O2. The predicted molar refractivity (Wildman–Crippen MR) is 118 cm³/mol. The van der Waals surface area contributed by atoms with Crippen LogP contribution in [0.25, 0.3) is 0 Å². The van der Waals surface area contributed by atoms with E-state index < -0.39 is 6.04 Å². The number of hydrogen-bond donors (Lipinski definition) is 3. The summed E-state index contributed by atoms with van der Waals surface area (Å²) in [6.07, 6.45) is 2.80. The molecule has 1 aliphatic heterocycles. The van der Waals surface area contributed by atoms with Gasteiger partial charge in [0.15, 0.2) is 0 Å². The average Bonchev–Trinajstić information content (AvgIpc) is 3.22. The molecule has 3 amide bonds. The second-order valence-electron chi connectivity index (χ2n) is 8.90. The lowest BCUT2D eigenvalue weighted by Crippen LogP contribution is -2.51. The molecule has 29 heavy (non-hydrogen) atoms. The van der Waals surface area contributed by atoms with Crippen molar-refractivity contribution in [3.63, 3.8) is 0 Å². The molecule has 0 radical (unpaired) electrons. The summed E-state index contributed by atoms with van der Waals surface area (Å²) >= 11 is 0. The topological polar surface area (TPSA) is 87.5 Å². The molecule has 1 saturated carbocycles. The van der Waals surface area contributed by atoms with E-state index in [1.54, 1.807) is 0 Å². The molecule has 3 rings (SSSR count). The molecule has 1 saturated heterocycles. The Hall–Kier alpha value is -1.79. The zero-order chi connectivity index (χ0) is 20.3. The Morgan fingerprint density at radius 3 is 2.48 bits per heavy atom. The first-order valence-corrected chi connectivity index (χ1v) is 10.5. The molecule has 0 bridgehead atoms. The molecule has 4 N–H and O–H groups in total. The van der Waals surface area contributed by atoms with E-state index in [9.17, 15) is 9.59 Å². The number of aryl methyl sites for hydroxylation is 1. The van der Waals surface area contributed by atoms with Crippen molar-refractivity contribution in [1.82, 2.24) is 15.5 Å². The number of likely N-dealkylation sites (tertiary alicyclic amines) is 1. The smallest absolute Gasteiger partial charge is 0.315 e. The number of rotatable bonds is 6. The Bertz CT molecular complexity index is 695. The SMILES string of the molecule is Cc1ccc(CNC(=O)NC(CC(C)C)C(=O)N2CC3CCC(N)C3C2)cc1.Cl. The third-order valence-electron chi connectivity index (χ3n) is 6.11. The number of urea groups is 1. The molecule has 4 atom stereocenters.